The van der Waals surface area contributed by atoms with Gasteiger partial charge in [0.05, 0.1) is 16.1 Å². The number of hydrogen-bond donors (Lipinski definition) is 4. The van der Waals surface area contributed by atoms with Crippen LogP contribution in [0.15, 0.2) is 96.4 Å². The summed E-state index contributed by atoms with van der Waals surface area (Å²) in [6.07, 6.45) is 0.797. The van der Waals surface area contributed by atoms with E-state index in [4.69, 9.17) is 9.90 Å². The van der Waals surface area contributed by atoms with E-state index in [0.29, 0.717) is 19.5 Å². The lowest BCUT2D eigenvalue weighted by atomic mass is 10.1. The number of benzene rings is 3. The molecule has 0 saturated carbocycles. The van der Waals surface area contributed by atoms with Crippen molar-refractivity contribution in [1.82, 2.24) is 14.3 Å². The number of carbonyl (C=O) groups is 3. The molecule has 0 unspecified atom stereocenters. The van der Waals surface area contributed by atoms with E-state index in [1.54, 1.807) is 18.6 Å². The number of carboxylic acid groups (broad SMARTS) is 1. The summed E-state index contributed by atoms with van der Waals surface area (Å²) in [5.41, 5.74) is 0.250. The number of imidazole rings is 1. The number of nitro benzene ring substituents is 1. The summed E-state index contributed by atoms with van der Waals surface area (Å²) in [4.78, 5) is 49.3. The van der Waals surface area contributed by atoms with Crippen molar-refractivity contribution >= 4 is 44.9 Å². The van der Waals surface area contributed by atoms with Crippen LogP contribution in [0.2, 0.25) is 0 Å². The third-order valence-corrected chi connectivity index (χ3v) is 7.18. The van der Waals surface area contributed by atoms with Gasteiger partial charge in [0.15, 0.2) is 0 Å². The number of nitrogens with one attached hydrogen (secondary N) is 3. The molecule has 46 heavy (non-hydrogen) atoms. The molecule has 0 fully saturated rings. The van der Waals surface area contributed by atoms with Gasteiger partial charge in [0.2, 0.25) is 0 Å². The summed E-state index contributed by atoms with van der Waals surface area (Å²) in [5, 5.41) is 24.4. The molecule has 0 saturated heterocycles. The van der Waals surface area contributed by atoms with Crippen LogP contribution in [-0.4, -0.2) is 58.5 Å². The maximum absolute atomic E-state index is 12.8. The molecule has 3 aromatic carbocycles. The van der Waals surface area contributed by atoms with Crippen molar-refractivity contribution in [3.8, 4) is 0 Å². The minimum Gasteiger partial charge on any atom is -0.475 e. The van der Waals surface area contributed by atoms with E-state index >= 15 is 0 Å². The first-order valence-corrected chi connectivity index (χ1v) is 14.5. The number of sulfonamides is 1. The molecular weight excluding hydrogens is 637 g/mol. The van der Waals surface area contributed by atoms with E-state index in [1.165, 1.54) is 60.7 Å². The fourth-order valence-electron chi connectivity index (χ4n) is 3.66. The van der Waals surface area contributed by atoms with Crippen LogP contribution in [0.3, 0.4) is 0 Å². The highest BCUT2D eigenvalue weighted by Gasteiger charge is 2.38. The minimum absolute atomic E-state index is 0.00599. The Kier molecular flexibility index (Phi) is 11.5. The number of nitro groups is 1. The number of alkyl halides is 3. The van der Waals surface area contributed by atoms with Gasteiger partial charge in [-0.2, -0.15) is 13.2 Å². The predicted octanol–water partition coefficient (Wildman–Crippen LogP) is 4.30. The van der Waals surface area contributed by atoms with E-state index in [0.717, 1.165) is 6.07 Å². The molecule has 4 N–H and O–H groups in total. The number of anilines is 2. The molecule has 1 heterocycles. The minimum atomic E-state index is -5.08. The van der Waals surface area contributed by atoms with Crippen molar-refractivity contribution in [3.05, 3.63) is 113 Å². The topological polar surface area (TPSA) is 203 Å². The van der Waals surface area contributed by atoms with Gasteiger partial charge < -0.3 is 20.3 Å². The molecule has 2 amide bonds. The number of halogens is 3. The van der Waals surface area contributed by atoms with Crippen molar-refractivity contribution in [2.75, 3.05) is 17.2 Å². The Morgan fingerprint density at radius 2 is 1.63 bits per heavy atom. The third kappa shape index (κ3) is 10.2. The maximum Gasteiger partial charge on any atom is 0.490 e. The van der Waals surface area contributed by atoms with Gasteiger partial charge >= 0.3 is 12.1 Å². The first-order valence-electron chi connectivity index (χ1n) is 13.0. The van der Waals surface area contributed by atoms with Crippen LogP contribution >= 0.6 is 0 Å². The van der Waals surface area contributed by atoms with E-state index in [-0.39, 0.29) is 33.1 Å². The molecule has 14 nitrogen and oxygen atoms in total. The van der Waals surface area contributed by atoms with Crippen LogP contribution in [-0.2, 0) is 21.4 Å². The van der Waals surface area contributed by atoms with Gasteiger partial charge in [-0.1, -0.05) is 24.3 Å². The van der Waals surface area contributed by atoms with Gasteiger partial charge in [-0.25, -0.2) is 22.9 Å². The van der Waals surface area contributed by atoms with Crippen LogP contribution in [0.4, 0.5) is 30.2 Å². The Morgan fingerprint density at radius 3 is 2.24 bits per heavy atom. The van der Waals surface area contributed by atoms with Crippen molar-refractivity contribution in [1.29, 1.82) is 0 Å². The van der Waals surface area contributed by atoms with Crippen LogP contribution in [0.5, 0.6) is 0 Å². The van der Waals surface area contributed by atoms with Crippen molar-refractivity contribution in [3.63, 3.8) is 0 Å². The smallest absolute Gasteiger partial charge is 0.475 e. The van der Waals surface area contributed by atoms with Crippen molar-refractivity contribution in [2.24, 2.45) is 0 Å². The number of rotatable bonds is 11. The lowest BCUT2D eigenvalue weighted by molar-refractivity contribution is -0.384. The molecule has 4 rings (SSSR count). The normalized spacial score (nSPS) is 11.0. The molecule has 0 radical (unpaired) electrons. The first-order chi connectivity index (χ1) is 21.7. The lowest BCUT2D eigenvalue weighted by Gasteiger charge is -2.11. The van der Waals surface area contributed by atoms with Crippen LogP contribution in [0, 0.1) is 10.1 Å². The zero-order valence-corrected chi connectivity index (χ0v) is 24.3. The molecule has 0 spiro atoms. The van der Waals surface area contributed by atoms with Gasteiger partial charge in [0, 0.05) is 48.4 Å². The highest BCUT2D eigenvalue weighted by atomic mass is 32.2. The molecule has 0 aliphatic carbocycles. The predicted molar refractivity (Wildman–Crippen MR) is 158 cm³/mol. The van der Waals surface area contributed by atoms with Gasteiger partial charge in [0.25, 0.3) is 27.5 Å². The molecule has 1 aromatic heterocycles. The Balaban J connectivity index is 0.000000738. The Hall–Kier alpha value is -5.78. The average molecular weight is 663 g/mol. The summed E-state index contributed by atoms with van der Waals surface area (Å²) in [6.45, 7) is 1.16. The summed E-state index contributed by atoms with van der Waals surface area (Å²) >= 11 is 0. The van der Waals surface area contributed by atoms with Gasteiger partial charge in [-0.3, -0.25) is 19.7 Å². The third-order valence-electron chi connectivity index (χ3n) is 5.83. The second kappa shape index (κ2) is 15.3. The maximum atomic E-state index is 12.8. The Bertz CT molecular complexity index is 1800. The summed E-state index contributed by atoms with van der Waals surface area (Å²) < 4.78 is 60.5. The fraction of sp³-hybridized carbons (Fsp3) is 0.143. The molecule has 242 valence electrons. The van der Waals surface area contributed by atoms with Crippen LogP contribution in [0.25, 0.3) is 0 Å². The SMILES string of the molecule is O=C(Nc1cccc(C(=O)NS(=O)(=O)c2ccccc2)c1)c1ccc(NCCCn2ccnc2)c([N+](=O)[O-])c1.O=C(O)C(F)(F)F. The second-order valence-electron chi connectivity index (χ2n) is 9.16. The molecule has 0 aliphatic rings. The van der Waals surface area contributed by atoms with E-state index in [1.807, 2.05) is 15.5 Å². The van der Waals surface area contributed by atoms with E-state index in [2.05, 4.69) is 15.6 Å². The first kappa shape index (κ1) is 34.7. The zero-order chi connectivity index (χ0) is 33.9. The van der Waals surface area contributed by atoms with Gasteiger partial charge in [-0.05, 0) is 48.9 Å². The number of hydrogen-bond acceptors (Lipinski definition) is 9. The number of carboxylic acids is 1. The van der Waals surface area contributed by atoms with Gasteiger partial charge in [-0.15, -0.1) is 0 Å². The molecule has 18 heteroatoms. The fourth-order valence-corrected chi connectivity index (χ4v) is 4.65. The van der Waals surface area contributed by atoms with Crippen LogP contribution < -0.4 is 15.4 Å². The quantitative estimate of drug-likeness (QED) is 0.102. The number of aryl methyl sites for hydroxylation is 1. The summed E-state index contributed by atoms with van der Waals surface area (Å²) in [6, 6.07) is 17.2. The number of aromatic nitrogens is 2. The highest BCUT2D eigenvalue weighted by Crippen LogP contribution is 2.26. The van der Waals surface area contributed by atoms with Crippen LogP contribution in [0.1, 0.15) is 27.1 Å². The standard InChI is InChI=1S/C26H24N6O6S.C2HF3O2/c33-25(20-10-11-23(24(17-20)32(35)36)28-12-5-14-31-15-13-27-18-31)29-21-7-4-6-19(16-21)26(34)30-39(37,38)22-8-2-1-3-9-22;3-2(4,5)1(6)7/h1-4,6-11,13,15-18,28H,5,12,14H2,(H,29,33)(H,30,34);(H,6,7). The molecule has 0 atom stereocenters. The Labute approximate surface area is 259 Å². The average Bonchev–Trinajstić information content (AvgIpc) is 3.53. The number of carbonyl (C=O) groups excluding carboxylic acids is 2. The molecule has 4 aromatic rings. The van der Waals surface area contributed by atoms with Crippen molar-refractivity contribution < 1.29 is 46.0 Å². The molecule has 0 aliphatic heterocycles. The number of aliphatic carboxylic acids is 1. The molecule has 0 bridgehead atoms. The van der Waals surface area contributed by atoms with E-state index in [9.17, 15) is 41.3 Å². The van der Waals surface area contributed by atoms with E-state index < -0.39 is 38.9 Å². The van der Waals surface area contributed by atoms with Gasteiger partial charge in [0.1, 0.15) is 5.69 Å². The monoisotopic (exact) mass is 662 g/mol. The largest absolute Gasteiger partial charge is 0.490 e. The Morgan fingerprint density at radius 1 is 0.957 bits per heavy atom. The zero-order valence-electron chi connectivity index (χ0n) is 23.5. The summed E-state index contributed by atoms with van der Waals surface area (Å²) in [7, 11) is -4.08. The highest BCUT2D eigenvalue weighted by molar-refractivity contribution is 7.90. The summed E-state index contributed by atoms with van der Waals surface area (Å²) in [5.74, 6) is -4.28. The number of amides is 2. The number of nitrogens with zero attached hydrogens (tertiary/aromatic N) is 3. The second-order valence-corrected chi connectivity index (χ2v) is 10.8. The molecular formula is C28H25F3N6O8S. The lowest BCUT2D eigenvalue weighted by Crippen LogP contribution is -2.30. The van der Waals surface area contributed by atoms with Crippen molar-refractivity contribution in [2.45, 2.75) is 24.0 Å².